The average molecular weight is 478 g/mol. The lowest BCUT2D eigenvalue weighted by molar-refractivity contribution is -0.116. The Kier molecular flexibility index (Phi) is 5.70. The zero-order chi connectivity index (χ0) is 24.5. The van der Waals surface area contributed by atoms with E-state index in [-0.39, 0.29) is 17.6 Å². The van der Waals surface area contributed by atoms with E-state index in [9.17, 15) is 9.18 Å². The van der Waals surface area contributed by atoms with Gasteiger partial charge in [-0.15, -0.1) is 0 Å². The maximum atomic E-state index is 13.8. The van der Waals surface area contributed by atoms with Crippen molar-refractivity contribution in [2.24, 2.45) is 0 Å². The number of hydrogen-bond donors (Lipinski definition) is 1. The second-order valence-corrected chi connectivity index (χ2v) is 9.07. The van der Waals surface area contributed by atoms with Crippen LogP contribution < -0.4 is 10.1 Å². The van der Waals surface area contributed by atoms with Crippen molar-refractivity contribution >= 4 is 22.5 Å². The third kappa shape index (κ3) is 4.33. The summed E-state index contributed by atoms with van der Waals surface area (Å²) >= 11 is 0. The summed E-state index contributed by atoms with van der Waals surface area (Å²) in [7, 11) is 0. The van der Waals surface area contributed by atoms with Crippen molar-refractivity contribution in [2.45, 2.75) is 25.5 Å². The molecule has 5 aromatic rings. The van der Waals surface area contributed by atoms with Crippen molar-refractivity contribution in [3.8, 4) is 5.75 Å². The molecule has 2 aromatic heterocycles. The van der Waals surface area contributed by atoms with Gasteiger partial charge in [0.25, 0.3) is 0 Å². The number of halogens is 1. The van der Waals surface area contributed by atoms with Gasteiger partial charge in [-0.1, -0.05) is 36.4 Å². The summed E-state index contributed by atoms with van der Waals surface area (Å²) in [5.41, 5.74) is 5.75. The Hall–Kier alpha value is -4.45. The molecule has 0 saturated heterocycles. The first-order valence-electron chi connectivity index (χ1n) is 11.9. The van der Waals surface area contributed by atoms with E-state index in [2.05, 4.69) is 21.1 Å². The highest BCUT2D eigenvalue weighted by Gasteiger charge is 2.28. The number of benzene rings is 3. The molecule has 1 atom stereocenters. The molecule has 0 aliphatic carbocycles. The Labute approximate surface area is 208 Å². The Bertz CT molecular complexity index is 1560. The largest absolute Gasteiger partial charge is 0.489 e. The second kappa shape index (κ2) is 9.30. The summed E-state index contributed by atoms with van der Waals surface area (Å²) in [6.07, 6.45) is 5.95. The highest BCUT2D eigenvalue weighted by molar-refractivity contribution is 6.06. The minimum atomic E-state index is -0.251. The molecule has 0 unspecified atom stereocenters. The van der Waals surface area contributed by atoms with Crippen molar-refractivity contribution in [1.29, 1.82) is 0 Å². The fourth-order valence-electron chi connectivity index (χ4n) is 4.98. The fourth-order valence-corrected chi connectivity index (χ4v) is 4.98. The van der Waals surface area contributed by atoms with Crippen molar-refractivity contribution in [1.82, 2.24) is 9.55 Å². The summed E-state index contributed by atoms with van der Waals surface area (Å²) in [4.78, 5) is 17.0. The van der Waals surface area contributed by atoms with Gasteiger partial charge >= 0.3 is 0 Å². The number of rotatable bonds is 6. The van der Waals surface area contributed by atoms with Crippen LogP contribution in [0, 0.1) is 5.82 Å². The lowest BCUT2D eigenvalue weighted by Crippen LogP contribution is -2.14. The maximum absolute atomic E-state index is 13.8. The number of pyridine rings is 1. The van der Waals surface area contributed by atoms with E-state index in [0.29, 0.717) is 19.6 Å². The van der Waals surface area contributed by atoms with Gasteiger partial charge in [-0.2, -0.15) is 0 Å². The highest BCUT2D eigenvalue weighted by Crippen LogP contribution is 2.41. The number of nitrogens with one attached hydrogen (secondary N) is 1. The number of ether oxygens (including phenoxy) is 1. The summed E-state index contributed by atoms with van der Waals surface area (Å²) in [6, 6.07) is 24.4. The SMILES string of the molecule is O=C1C[C@H](c2cccc(OCc3cccnc3)c2)c2cn(Cc3cccc(F)c3)c3cccc(c23)N1. The molecule has 6 heteroatoms. The van der Waals surface area contributed by atoms with E-state index in [1.54, 1.807) is 24.5 Å². The normalized spacial score (nSPS) is 14.9. The van der Waals surface area contributed by atoms with Crippen molar-refractivity contribution in [3.05, 3.63) is 126 Å². The Morgan fingerprint density at radius 2 is 1.86 bits per heavy atom. The maximum Gasteiger partial charge on any atom is 0.225 e. The van der Waals surface area contributed by atoms with Crippen LogP contribution in [0.5, 0.6) is 5.75 Å². The summed E-state index contributed by atoms with van der Waals surface area (Å²) in [5, 5.41) is 4.10. The smallest absolute Gasteiger partial charge is 0.225 e. The molecule has 0 spiro atoms. The van der Waals surface area contributed by atoms with E-state index in [1.165, 1.54) is 6.07 Å². The second-order valence-electron chi connectivity index (χ2n) is 9.07. The molecule has 0 saturated carbocycles. The predicted octanol–water partition coefficient (Wildman–Crippen LogP) is 6.28. The van der Waals surface area contributed by atoms with Gasteiger partial charge < -0.3 is 14.6 Å². The third-order valence-corrected chi connectivity index (χ3v) is 6.61. The van der Waals surface area contributed by atoms with Crippen LogP contribution in [0.15, 0.2) is 97.5 Å². The molecule has 0 bridgehead atoms. The number of amides is 1. The quantitative estimate of drug-likeness (QED) is 0.313. The van der Waals surface area contributed by atoms with Gasteiger partial charge in [0.1, 0.15) is 18.2 Å². The minimum Gasteiger partial charge on any atom is -0.489 e. The zero-order valence-corrected chi connectivity index (χ0v) is 19.5. The van der Waals surface area contributed by atoms with Crippen LogP contribution in [0.1, 0.15) is 34.6 Å². The van der Waals surface area contributed by atoms with Crippen molar-refractivity contribution in [2.75, 3.05) is 5.32 Å². The minimum absolute atomic E-state index is 0.0259. The van der Waals surface area contributed by atoms with Gasteiger partial charge in [0.2, 0.25) is 5.91 Å². The number of hydrogen-bond acceptors (Lipinski definition) is 3. The Morgan fingerprint density at radius 1 is 1.00 bits per heavy atom. The topological polar surface area (TPSA) is 56.1 Å². The standard InChI is InChI=1S/C30H24FN3O2/c31-23-8-1-5-20(13-23)17-34-18-26-25(15-29(35)33-27-10-3-11-28(34)30(26)27)22-7-2-9-24(14-22)36-19-21-6-4-12-32-16-21/h1-14,16,18,25H,15,17,19H2,(H,33,35)/t25-/m1/s1. The molecule has 3 heterocycles. The van der Waals surface area contributed by atoms with Gasteiger partial charge in [-0.3, -0.25) is 9.78 Å². The number of carbonyl (C=O) groups excluding carboxylic acids is 1. The molecule has 1 amide bonds. The molecule has 178 valence electrons. The molecule has 36 heavy (non-hydrogen) atoms. The van der Waals surface area contributed by atoms with Crippen molar-refractivity contribution in [3.63, 3.8) is 0 Å². The summed E-state index contributed by atoms with van der Waals surface area (Å²) in [5.74, 6) is 0.317. The lowest BCUT2D eigenvalue weighted by atomic mass is 9.88. The number of anilines is 1. The van der Waals surface area contributed by atoms with E-state index >= 15 is 0 Å². The predicted molar refractivity (Wildman–Crippen MR) is 138 cm³/mol. The molecule has 1 aliphatic heterocycles. The van der Waals surface area contributed by atoms with Gasteiger partial charge in [-0.05, 0) is 59.2 Å². The van der Waals surface area contributed by atoms with E-state index in [1.807, 2.05) is 60.7 Å². The van der Waals surface area contributed by atoms with Crippen LogP contribution in [0.3, 0.4) is 0 Å². The van der Waals surface area contributed by atoms with Crippen LogP contribution in [0.25, 0.3) is 10.9 Å². The van der Waals surface area contributed by atoms with E-state index in [0.717, 1.165) is 44.6 Å². The Morgan fingerprint density at radius 3 is 2.72 bits per heavy atom. The fraction of sp³-hybridized carbons (Fsp3) is 0.133. The number of aromatic nitrogens is 2. The molecule has 0 fully saturated rings. The van der Waals surface area contributed by atoms with Crippen LogP contribution in [-0.4, -0.2) is 15.5 Å². The first-order valence-corrected chi connectivity index (χ1v) is 11.9. The Balaban J connectivity index is 1.39. The van der Waals surface area contributed by atoms with Crippen LogP contribution in [0.4, 0.5) is 10.1 Å². The molecule has 1 N–H and O–H groups in total. The van der Waals surface area contributed by atoms with Crippen LogP contribution in [0.2, 0.25) is 0 Å². The highest BCUT2D eigenvalue weighted by atomic mass is 19.1. The molecule has 6 rings (SSSR count). The zero-order valence-electron chi connectivity index (χ0n) is 19.5. The number of carbonyl (C=O) groups is 1. The van der Waals surface area contributed by atoms with E-state index in [4.69, 9.17) is 4.74 Å². The molecular weight excluding hydrogens is 453 g/mol. The summed E-state index contributed by atoms with van der Waals surface area (Å²) < 4.78 is 22.0. The monoisotopic (exact) mass is 477 g/mol. The van der Waals surface area contributed by atoms with E-state index < -0.39 is 0 Å². The molecular formula is C30H24FN3O2. The van der Waals surface area contributed by atoms with Gasteiger partial charge in [0.15, 0.2) is 0 Å². The van der Waals surface area contributed by atoms with Crippen LogP contribution in [-0.2, 0) is 17.9 Å². The average Bonchev–Trinajstić information content (AvgIpc) is 3.18. The van der Waals surface area contributed by atoms with Gasteiger partial charge in [0, 0.05) is 48.4 Å². The third-order valence-electron chi connectivity index (χ3n) is 6.61. The van der Waals surface area contributed by atoms with Crippen molar-refractivity contribution < 1.29 is 13.9 Å². The first-order chi connectivity index (χ1) is 17.6. The van der Waals surface area contributed by atoms with Gasteiger partial charge in [0.05, 0.1) is 11.2 Å². The molecule has 1 aliphatic rings. The number of nitrogens with zero attached hydrogens (tertiary/aromatic N) is 2. The molecule has 0 radical (unpaired) electrons. The lowest BCUT2D eigenvalue weighted by Gasteiger charge is -2.16. The summed E-state index contributed by atoms with van der Waals surface area (Å²) in [6.45, 7) is 0.951. The van der Waals surface area contributed by atoms with Gasteiger partial charge in [-0.25, -0.2) is 4.39 Å². The first kappa shape index (κ1) is 22.0. The molecule has 5 nitrogen and oxygen atoms in total. The van der Waals surface area contributed by atoms with Crippen LogP contribution >= 0.6 is 0 Å². The molecule has 3 aromatic carbocycles.